The average molecular weight is 180 g/mol. The van der Waals surface area contributed by atoms with Crippen LogP contribution in [0.1, 0.15) is 13.8 Å². The second kappa shape index (κ2) is 5.54. The molecule has 0 radical (unpaired) electrons. The van der Waals surface area contributed by atoms with Crippen molar-refractivity contribution in [2.75, 3.05) is 18.5 Å². The largest absolute Gasteiger partial charge is 0.377 e. The van der Waals surface area contributed by atoms with Crippen molar-refractivity contribution < 1.29 is 4.74 Å². The Balaban J connectivity index is 2.13. The predicted molar refractivity (Wildman–Crippen MR) is 53.8 cm³/mol. The molecule has 1 N–H and O–H groups in total. The Morgan fingerprint density at radius 2 is 2.31 bits per heavy atom. The van der Waals surface area contributed by atoms with Crippen LogP contribution >= 0.6 is 0 Å². The summed E-state index contributed by atoms with van der Waals surface area (Å²) < 4.78 is 5.37. The second-order valence-corrected chi connectivity index (χ2v) is 3.06. The first kappa shape index (κ1) is 9.99. The van der Waals surface area contributed by atoms with Crippen LogP contribution in [0.15, 0.2) is 24.4 Å². The molecule has 0 amide bonds. The second-order valence-electron chi connectivity index (χ2n) is 3.06. The van der Waals surface area contributed by atoms with Crippen LogP contribution < -0.4 is 5.32 Å². The fourth-order valence-electron chi connectivity index (χ4n) is 0.941. The Morgan fingerprint density at radius 1 is 1.46 bits per heavy atom. The summed E-state index contributed by atoms with van der Waals surface area (Å²) in [5, 5.41) is 3.16. The van der Waals surface area contributed by atoms with Crippen LogP contribution in [0.2, 0.25) is 0 Å². The number of hydrogen-bond acceptors (Lipinski definition) is 3. The maximum absolute atomic E-state index is 5.37. The molecule has 0 aliphatic rings. The minimum Gasteiger partial charge on any atom is -0.377 e. The molecule has 1 heterocycles. The van der Waals surface area contributed by atoms with Gasteiger partial charge in [0, 0.05) is 12.7 Å². The molecule has 0 fully saturated rings. The fourth-order valence-corrected chi connectivity index (χ4v) is 0.941. The highest BCUT2D eigenvalue weighted by atomic mass is 16.5. The van der Waals surface area contributed by atoms with Crippen molar-refractivity contribution in [3.05, 3.63) is 24.4 Å². The number of anilines is 1. The standard InChI is InChI=1S/C10H16N2O/c1-9(2)13-8-7-12-10-5-3-4-6-11-10/h3-6,9H,7-8H2,1-2H3,(H,11,12). The maximum atomic E-state index is 5.37. The number of pyridine rings is 1. The van der Waals surface area contributed by atoms with E-state index in [1.807, 2.05) is 32.0 Å². The van der Waals surface area contributed by atoms with Crippen LogP contribution in [-0.2, 0) is 4.74 Å². The molecular weight excluding hydrogens is 164 g/mol. The Kier molecular flexibility index (Phi) is 4.26. The summed E-state index contributed by atoms with van der Waals surface area (Å²) in [6.45, 7) is 5.57. The first-order valence-corrected chi connectivity index (χ1v) is 4.55. The highest BCUT2D eigenvalue weighted by molar-refractivity contribution is 5.32. The number of aromatic nitrogens is 1. The van der Waals surface area contributed by atoms with E-state index >= 15 is 0 Å². The molecule has 0 aliphatic heterocycles. The molecule has 0 aromatic carbocycles. The maximum Gasteiger partial charge on any atom is 0.125 e. The lowest BCUT2D eigenvalue weighted by Crippen LogP contribution is -2.13. The first-order valence-electron chi connectivity index (χ1n) is 4.55. The zero-order valence-electron chi connectivity index (χ0n) is 8.16. The van der Waals surface area contributed by atoms with Crippen molar-refractivity contribution in [3.8, 4) is 0 Å². The van der Waals surface area contributed by atoms with E-state index in [9.17, 15) is 0 Å². The summed E-state index contributed by atoms with van der Waals surface area (Å²) in [6.07, 6.45) is 2.07. The van der Waals surface area contributed by atoms with Crippen molar-refractivity contribution in [2.45, 2.75) is 20.0 Å². The monoisotopic (exact) mass is 180 g/mol. The van der Waals surface area contributed by atoms with Crippen molar-refractivity contribution in [2.24, 2.45) is 0 Å². The molecule has 0 spiro atoms. The lowest BCUT2D eigenvalue weighted by molar-refractivity contribution is 0.0870. The predicted octanol–water partition coefficient (Wildman–Crippen LogP) is 1.92. The average Bonchev–Trinajstić information content (AvgIpc) is 2.14. The van der Waals surface area contributed by atoms with Gasteiger partial charge in [0.1, 0.15) is 5.82 Å². The third-order valence-corrected chi connectivity index (χ3v) is 1.52. The van der Waals surface area contributed by atoms with Crippen LogP contribution in [0, 0.1) is 0 Å². The van der Waals surface area contributed by atoms with Crippen LogP contribution in [0.4, 0.5) is 5.82 Å². The molecule has 0 aliphatic carbocycles. The van der Waals surface area contributed by atoms with Gasteiger partial charge in [-0.15, -0.1) is 0 Å². The highest BCUT2D eigenvalue weighted by Crippen LogP contribution is 1.98. The summed E-state index contributed by atoms with van der Waals surface area (Å²) in [4.78, 5) is 4.13. The van der Waals surface area contributed by atoms with E-state index in [4.69, 9.17) is 4.74 Å². The highest BCUT2D eigenvalue weighted by Gasteiger charge is 1.93. The number of rotatable bonds is 5. The number of ether oxygens (including phenoxy) is 1. The third-order valence-electron chi connectivity index (χ3n) is 1.52. The Morgan fingerprint density at radius 3 is 2.92 bits per heavy atom. The molecular formula is C10H16N2O. The zero-order valence-corrected chi connectivity index (χ0v) is 8.16. The molecule has 1 aromatic heterocycles. The quantitative estimate of drug-likeness (QED) is 0.703. The van der Waals surface area contributed by atoms with Gasteiger partial charge in [-0.2, -0.15) is 0 Å². The van der Waals surface area contributed by atoms with Gasteiger partial charge in [-0.1, -0.05) is 6.07 Å². The Hall–Kier alpha value is -1.09. The minimum absolute atomic E-state index is 0.297. The van der Waals surface area contributed by atoms with Crippen LogP contribution in [0.25, 0.3) is 0 Å². The van der Waals surface area contributed by atoms with Crippen LogP contribution in [0.3, 0.4) is 0 Å². The molecule has 1 rings (SSSR count). The van der Waals surface area contributed by atoms with E-state index in [1.54, 1.807) is 6.20 Å². The Bertz CT molecular complexity index is 224. The summed E-state index contributed by atoms with van der Waals surface area (Å²) in [5.41, 5.74) is 0. The van der Waals surface area contributed by atoms with Gasteiger partial charge in [0.05, 0.1) is 12.7 Å². The number of nitrogens with one attached hydrogen (secondary N) is 1. The molecule has 0 saturated heterocycles. The van der Waals surface area contributed by atoms with Crippen molar-refractivity contribution >= 4 is 5.82 Å². The first-order chi connectivity index (χ1) is 6.29. The molecule has 0 bridgehead atoms. The van der Waals surface area contributed by atoms with Gasteiger partial charge >= 0.3 is 0 Å². The van der Waals surface area contributed by atoms with Gasteiger partial charge in [0.15, 0.2) is 0 Å². The summed E-state index contributed by atoms with van der Waals surface area (Å²) >= 11 is 0. The van der Waals surface area contributed by atoms with E-state index < -0.39 is 0 Å². The van der Waals surface area contributed by atoms with Crippen LogP contribution in [0.5, 0.6) is 0 Å². The van der Waals surface area contributed by atoms with Gasteiger partial charge in [0.25, 0.3) is 0 Å². The summed E-state index contributed by atoms with van der Waals surface area (Å²) in [6, 6.07) is 5.80. The molecule has 3 nitrogen and oxygen atoms in total. The fraction of sp³-hybridized carbons (Fsp3) is 0.500. The van der Waals surface area contributed by atoms with Crippen molar-refractivity contribution in [1.82, 2.24) is 4.98 Å². The smallest absolute Gasteiger partial charge is 0.125 e. The van der Waals surface area contributed by atoms with E-state index in [1.165, 1.54) is 0 Å². The van der Waals surface area contributed by atoms with E-state index in [2.05, 4.69) is 10.3 Å². The summed E-state index contributed by atoms with van der Waals surface area (Å²) in [7, 11) is 0. The van der Waals surface area contributed by atoms with Gasteiger partial charge < -0.3 is 10.1 Å². The SMILES string of the molecule is CC(C)OCCNc1ccccn1. The molecule has 72 valence electrons. The van der Waals surface area contributed by atoms with Crippen molar-refractivity contribution in [1.29, 1.82) is 0 Å². The van der Waals surface area contributed by atoms with Gasteiger partial charge in [0.2, 0.25) is 0 Å². The Labute approximate surface area is 79.1 Å². The normalized spacial score (nSPS) is 10.4. The number of nitrogens with zero attached hydrogens (tertiary/aromatic N) is 1. The topological polar surface area (TPSA) is 34.1 Å². The van der Waals surface area contributed by atoms with Gasteiger partial charge in [-0.3, -0.25) is 0 Å². The molecule has 3 heteroatoms. The van der Waals surface area contributed by atoms with E-state index in [-0.39, 0.29) is 0 Å². The third kappa shape index (κ3) is 4.48. The molecule has 1 aromatic rings. The summed E-state index contributed by atoms with van der Waals surface area (Å²) in [5.74, 6) is 0.898. The molecule has 0 saturated carbocycles. The molecule has 0 atom stereocenters. The lowest BCUT2D eigenvalue weighted by Gasteiger charge is -2.08. The van der Waals surface area contributed by atoms with E-state index in [0.717, 1.165) is 12.4 Å². The van der Waals surface area contributed by atoms with Crippen LogP contribution in [-0.4, -0.2) is 24.2 Å². The number of hydrogen-bond donors (Lipinski definition) is 1. The van der Waals surface area contributed by atoms with Gasteiger partial charge in [-0.25, -0.2) is 4.98 Å². The minimum atomic E-state index is 0.297. The molecule has 13 heavy (non-hydrogen) atoms. The zero-order chi connectivity index (χ0) is 9.52. The molecule has 0 unspecified atom stereocenters. The van der Waals surface area contributed by atoms with Gasteiger partial charge in [-0.05, 0) is 26.0 Å². The van der Waals surface area contributed by atoms with Crippen molar-refractivity contribution in [3.63, 3.8) is 0 Å². The van der Waals surface area contributed by atoms with E-state index in [0.29, 0.717) is 12.7 Å². The lowest BCUT2D eigenvalue weighted by atomic mass is 10.4.